The SMILES string of the molecule is CCc1nn(C)cc1CNCCC(C)NC(=O)OC(C)(C)C. The van der Waals surface area contributed by atoms with Crippen LogP contribution in [0.2, 0.25) is 0 Å². The maximum absolute atomic E-state index is 11.6. The topological polar surface area (TPSA) is 68.2 Å². The molecule has 1 rings (SSSR count). The zero-order valence-corrected chi connectivity index (χ0v) is 14.7. The maximum atomic E-state index is 11.6. The van der Waals surface area contributed by atoms with Crippen LogP contribution in [-0.2, 0) is 24.8 Å². The molecule has 1 unspecified atom stereocenters. The van der Waals surface area contributed by atoms with Crippen LogP contribution in [0.15, 0.2) is 6.20 Å². The molecule has 0 saturated carbocycles. The lowest BCUT2D eigenvalue weighted by Gasteiger charge is -2.22. The normalized spacial score (nSPS) is 13.0. The summed E-state index contributed by atoms with van der Waals surface area (Å²) >= 11 is 0. The molecule has 0 fully saturated rings. The number of rotatable bonds is 7. The highest BCUT2D eigenvalue weighted by Gasteiger charge is 2.17. The Morgan fingerprint density at radius 3 is 2.73 bits per heavy atom. The van der Waals surface area contributed by atoms with Gasteiger partial charge in [0.2, 0.25) is 0 Å². The van der Waals surface area contributed by atoms with Crippen LogP contribution in [0.4, 0.5) is 4.79 Å². The van der Waals surface area contributed by atoms with Crippen LogP contribution in [-0.4, -0.2) is 34.1 Å². The first-order chi connectivity index (χ1) is 10.2. The molecule has 0 aliphatic carbocycles. The van der Waals surface area contributed by atoms with Gasteiger partial charge in [-0.15, -0.1) is 0 Å². The highest BCUT2D eigenvalue weighted by Crippen LogP contribution is 2.08. The maximum Gasteiger partial charge on any atom is 0.407 e. The number of amides is 1. The van der Waals surface area contributed by atoms with Crippen molar-refractivity contribution in [3.63, 3.8) is 0 Å². The quantitative estimate of drug-likeness (QED) is 0.759. The van der Waals surface area contributed by atoms with Crippen molar-refractivity contribution in [2.45, 2.75) is 65.6 Å². The van der Waals surface area contributed by atoms with Gasteiger partial charge in [0.05, 0.1) is 5.69 Å². The van der Waals surface area contributed by atoms with Gasteiger partial charge >= 0.3 is 6.09 Å². The summed E-state index contributed by atoms with van der Waals surface area (Å²) in [6, 6.07) is 0.0712. The summed E-state index contributed by atoms with van der Waals surface area (Å²) < 4.78 is 7.09. The Hall–Kier alpha value is -1.56. The Balaban J connectivity index is 2.25. The van der Waals surface area contributed by atoms with Gasteiger partial charge in [-0.05, 0) is 47.1 Å². The molecule has 22 heavy (non-hydrogen) atoms. The molecule has 0 radical (unpaired) electrons. The van der Waals surface area contributed by atoms with Crippen LogP contribution >= 0.6 is 0 Å². The minimum Gasteiger partial charge on any atom is -0.444 e. The van der Waals surface area contributed by atoms with Gasteiger partial charge in [0.1, 0.15) is 5.60 Å². The van der Waals surface area contributed by atoms with E-state index >= 15 is 0 Å². The Morgan fingerprint density at radius 1 is 1.45 bits per heavy atom. The lowest BCUT2D eigenvalue weighted by atomic mass is 10.2. The fraction of sp³-hybridized carbons (Fsp3) is 0.750. The Kier molecular flexibility index (Phi) is 6.87. The number of hydrogen-bond acceptors (Lipinski definition) is 4. The van der Waals surface area contributed by atoms with E-state index in [4.69, 9.17) is 4.74 Å². The molecular weight excluding hydrogens is 280 g/mol. The first kappa shape index (κ1) is 18.5. The van der Waals surface area contributed by atoms with Crippen LogP contribution in [0.3, 0.4) is 0 Å². The smallest absolute Gasteiger partial charge is 0.407 e. The first-order valence-corrected chi connectivity index (χ1v) is 7.93. The fourth-order valence-corrected chi connectivity index (χ4v) is 2.15. The summed E-state index contributed by atoms with van der Waals surface area (Å²) in [5, 5.41) is 10.7. The number of hydrogen-bond donors (Lipinski definition) is 2. The van der Waals surface area contributed by atoms with Crippen molar-refractivity contribution in [3.8, 4) is 0 Å². The Labute approximate surface area is 133 Å². The highest BCUT2D eigenvalue weighted by molar-refractivity contribution is 5.67. The van der Waals surface area contributed by atoms with Gasteiger partial charge in [0.15, 0.2) is 0 Å². The molecule has 1 atom stereocenters. The molecule has 126 valence electrons. The zero-order valence-electron chi connectivity index (χ0n) is 14.7. The number of aryl methyl sites for hydroxylation is 2. The first-order valence-electron chi connectivity index (χ1n) is 7.93. The van der Waals surface area contributed by atoms with Gasteiger partial charge in [-0.2, -0.15) is 5.10 Å². The number of ether oxygens (including phenoxy) is 1. The molecule has 0 spiro atoms. The van der Waals surface area contributed by atoms with Crippen LogP contribution in [0.1, 0.15) is 52.3 Å². The van der Waals surface area contributed by atoms with Crippen LogP contribution < -0.4 is 10.6 Å². The molecule has 1 heterocycles. The minimum atomic E-state index is -0.459. The minimum absolute atomic E-state index is 0.0712. The van der Waals surface area contributed by atoms with Crippen molar-refractivity contribution in [2.24, 2.45) is 7.05 Å². The van der Waals surface area contributed by atoms with Crippen molar-refractivity contribution in [1.29, 1.82) is 0 Å². The second-order valence-electron chi connectivity index (χ2n) is 6.64. The third-order valence-corrected chi connectivity index (χ3v) is 3.16. The number of alkyl carbamates (subject to hydrolysis) is 1. The van der Waals surface area contributed by atoms with Crippen molar-refractivity contribution in [2.75, 3.05) is 6.54 Å². The monoisotopic (exact) mass is 310 g/mol. The largest absolute Gasteiger partial charge is 0.444 e. The van der Waals surface area contributed by atoms with Gasteiger partial charge in [-0.3, -0.25) is 4.68 Å². The standard InChI is InChI=1S/C16H30N4O2/c1-7-14-13(11-20(6)19-14)10-17-9-8-12(2)18-15(21)22-16(3,4)5/h11-12,17H,7-10H2,1-6H3,(H,18,21). The zero-order chi connectivity index (χ0) is 16.8. The number of nitrogens with zero attached hydrogens (tertiary/aromatic N) is 2. The third-order valence-electron chi connectivity index (χ3n) is 3.16. The van der Waals surface area contributed by atoms with Crippen LogP contribution in [0, 0.1) is 0 Å². The summed E-state index contributed by atoms with van der Waals surface area (Å²) in [4.78, 5) is 11.6. The predicted molar refractivity (Wildman–Crippen MR) is 87.7 cm³/mol. The second-order valence-corrected chi connectivity index (χ2v) is 6.64. The van der Waals surface area contributed by atoms with Crippen molar-refractivity contribution >= 4 is 6.09 Å². The third kappa shape index (κ3) is 6.93. The highest BCUT2D eigenvalue weighted by atomic mass is 16.6. The van der Waals surface area contributed by atoms with E-state index < -0.39 is 5.60 Å². The molecule has 1 amide bonds. The van der Waals surface area contributed by atoms with E-state index in [1.807, 2.05) is 45.6 Å². The van der Waals surface area contributed by atoms with E-state index in [1.165, 1.54) is 5.56 Å². The van der Waals surface area contributed by atoms with Gasteiger partial charge in [0, 0.05) is 31.4 Å². The molecule has 0 aromatic carbocycles. The number of carbonyl (C=O) groups excluding carboxylic acids is 1. The molecule has 1 aromatic heterocycles. The summed E-state index contributed by atoms with van der Waals surface area (Å²) in [6.45, 7) is 11.3. The summed E-state index contributed by atoms with van der Waals surface area (Å²) in [7, 11) is 1.94. The Bertz CT molecular complexity index is 477. The van der Waals surface area contributed by atoms with Crippen molar-refractivity contribution < 1.29 is 9.53 Å². The number of carbonyl (C=O) groups is 1. The molecule has 0 saturated heterocycles. The van der Waals surface area contributed by atoms with Gasteiger partial charge in [0.25, 0.3) is 0 Å². The number of aromatic nitrogens is 2. The van der Waals surface area contributed by atoms with E-state index in [0.29, 0.717) is 0 Å². The van der Waals surface area contributed by atoms with E-state index in [0.717, 1.165) is 31.6 Å². The fourth-order valence-electron chi connectivity index (χ4n) is 2.15. The van der Waals surface area contributed by atoms with E-state index in [1.54, 1.807) is 0 Å². The number of nitrogens with one attached hydrogen (secondary N) is 2. The van der Waals surface area contributed by atoms with E-state index in [9.17, 15) is 4.79 Å². The summed E-state index contributed by atoms with van der Waals surface area (Å²) in [5.74, 6) is 0. The molecule has 0 aliphatic heterocycles. The summed E-state index contributed by atoms with van der Waals surface area (Å²) in [5.41, 5.74) is 1.91. The predicted octanol–water partition coefficient (Wildman–Crippen LogP) is 2.38. The lowest BCUT2D eigenvalue weighted by molar-refractivity contribution is 0.0506. The molecule has 0 bridgehead atoms. The van der Waals surface area contributed by atoms with Gasteiger partial charge < -0.3 is 15.4 Å². The van der Waals surface area contributed by atoms with Crippen molar-refractivity contribution in [3.05, 3.63) is 17.5 Å². The Morgan fingerprint density at radius 2 is 2.14 bits per heavy atom. The van der Waals surface area contributed by atoms with Crippen LogP contribution in [0.25, 0.3) is 0 Å². The lowest BCUT2D eigenvalue weighted by Crippen LogP contribution is -2.38. The molecule has 2 N–H and O–H groups in total. The summed E-state index contributed by atoms with van der Waals surface area (Å²) in [6.07, 6.45) is 3.48. The molecular formula is C16H30N4O2. The second kappa shape index (κ2) is 8.17. The van der Waals surface area contributed by atoms with E-state index in [-0.39, 0.29) is 12.1 Å². The molecule has 1 aromatic rings. The van der Waals surface area contributed by atoms with E-state index in [2.05, 4.69) is 22.7 Å². The average molecular weight is 310 g/mol. The van der Waals surface area contributed by atoms with Gasteiger partial charge in [-0.1, -0.05) is 6.92 Å². The van der Waals surface area contributed by atoms with Crippen LogP contribution in [0.5, 0.6) is 0 Å². The molecule has 6 heteroatoms. The van der Waals surface area contributed by atoms with Crippen molar-refractivity contribution in [1.82, 2.24) is 20.4 Å². The molecule has 6 nitrogen and oxygen atoms in total. The average Bonchev–Trinajstić information content (AvgIpc) is 2.72. The molecule has 0 aliphatic rings. The van der Waals surface area contributed by atoms with Gasteiger partial charge in [-0.25, -0.2) is 4.79 Å².